The number of halogens is 1. The Morgan fingerprint density at radius 1 is 0.783 bits per heavy atom. The molecule has 116 valence electrons. The van der Waals surface area contributed by atoms with E-state index in [4.69, 9.17) is 0 Å². The van der Waals surface area contributed by atoms with E-state index in [2.05, 4.69) is 96.5 Å². The lowest BCUT2D eigenvalue weighted by Gasteiger charge is -2.14. The molecule has 0 N–H and O–H groups in total. The van der Waals surface area contributed by atoms with Crippen molar-refractivity contribution >= 4 is 15.9 Å². The van der Waals surface area contributed by atoms with Gasteiger partial charge in [-0.1, -0.05) is 77.8 Å². The van der Waals surface area contributed by atoms with Crippen molar-refractivity contribution < 1.29 is 0 Å². The summed E-state index contributed by atoms with van der Waals surface area (Å²) < 4.78 is 1.11. The number of aryl methyl sites for hydroxylation is 2. The lowest BCUT2D eigenvalue weighted by Crippen LogP contribution is -1.92. The van der Waals surface area contributed by atoms with Crippen molar-refractivity contribution in [3.05, 3.63) is 82.3 Å². The molecule has 0 aliphatic rings. The van der Waals surface area contributed by atoms with Crippen LogP contribution in [0.4, 0.5) is 0 Å². The Labute approximate surface area is 147 Å². The predicted octanol–water partition coefficient (Wildman–Crippen LogP) is 7.04. The summed E-state index contributed by atoms with van der Waals surface area (Å²) >= 11 is 3.57. The SMILES string of the molecule is CCCc1ccccc1-c1cc(-c2cccc(Br)c2)ccc1C. The van der Waals surface area contributed by atoms with Crippen molar-refractivity contribution in [1.82, 2.24) is 0 Å². The van der Waals surface area contributed by atoms with Gasteiger partial charge < -0.3 is 0 Å². The average Bonchev–Trinajstić information content (AvgIpc) is 2.56. The fourth-order valence-electron chi connectivity index (χ4n) is 3.03. The summed E-state index contributed by atoms with van der Waals surface area (Å²) in [4.78, 5) is 0. The third-order valence-corrected chi connectivity index (χ3v) is 4.72. The molecule has 23 heavy (non-hydrogen) atoms. The minimum atomic E-state index is 1.11. The van der Waals surface area contributed by atoms with E-state index in [-0.39, 0.29) is 0 Å². The van der Waals surface area contributed by atoms with Crippen LogP contribution in [0.15, 0.2) is 71.2 Å². The molecule has 0 heterocycles. The van der Waals surface area contributed by atoms with E-state index in [1.54, 1.807) is 0 Å². The maximum atomic E-state index is 3.57. The molecule has 0 atom stereocenters. The standard InChI is InChI=1S/C22H21Br/c1-3-7-17-8-4-5-11-21(17)22-15-19(13-12-16(22)2)18-9-6-10-20(23)14-18/h4-6,8-15H,3,7H2,1-2H3. The summed E-state index contributed by atoms with van der Waals surface area (Å²) in [6.07, 6.45) is 2.29. The van der Waals surface area contributed by atoms with Crippen LogP contribution in [0.25, 0.3) is 22.3 Å². The third-order valence-electron chi connectivity index (χ3n) is 4.22. The van der Waals surface area contributed by atoms with Crippen LogP contribution in [0.1, 0.15) is 24.5 Å². The van der Waals surface area contributed by atoms with Crippen LogP contribution < -0.4 is 0 Å². The van der Waals surface area contributed by atoms with Crippen molar-refractivity contribution in [1.29, 1.82) is 0 Å². The molecule has 1 heteroatoms. The van der Waals surface area contributed by atoms with Crippen LogP contribution in [0.2, 0.25) is 0 Å². The predicted molar refractivity (Wildman–Crippen MR) is 104 cm³/mol. The van der Waals surface area contributed by atoms with E-state index in [1.807, 2.05) is 0 Å². The van der Waals surface area contributed by atoms with Crippen LogP contribution in [0.3, 0.4) is 0 Å². The molecule has 0 saturated carbocycles. The summed E-state index contributed by atoms with van der Waals surface area (Å²) in [7, 11) is 0. The van der Waals surface area contributed by atoms with Crippen LogP contribution >= 0.6 is 15.9 Å². The molecule has 0 nitrogen and oxygen atoms in total. The van der Waals surface area contributed by atoms with Crippen molar-refractivity contribution in [2.75, 3.05) is 0 Å². The quantitative estimate of drug-likeness (QED) is 0.465. The van der Waals surface area contributed by atoms with Gasteiger partial charge in [0.25, 0.3) is 0 Å². The molecule has 0 bridgehead atoms. The molecule has 3 aromatic carbocycles. The second kappa shape index (κ2) is 7.14. The first kappa shape index (κ1) is 16.0. The Morgan fingerprint density at radius 3 is 2.35 bits per heavy atom. The molecule has 0 aliphatic heterocycles. The zero-order valence-corrected chi connectivity index (χ0v) is 15.2. The van der Waals surface area contributed by atoms with E-state index in [0.29, 0.717) is 0 Å². The number of hydrogen-bond acceptors (Lipinski definition) is 0. The van der Waals surface area contributed by atoms with Crippen molar-refractivity contribution in [2.45, 2.75) is 26.7 Å². The van der Waals surface area contributed by atoms with Gasteiger partial charge >= 0.3 is 0 Å². The van der Waals surface area contributed by atoms with Gasteiger partial charge in [0, 0.05) is 4.47 Å². The normalized spacial score (nSPS) is 10.7. The van der Waals surface area contributed by atoms with Gasteiger partial charge in [0.05, 0.1) is 0 Å². The fraction of sp³-hybridized carbons (Fsp3) is 0.182. The molecule has 0 aromatic heterocycles. The highest BCUT2D eigenvalue weighted by Gasteiger charge is 2.09. The zero-order valence-electron chi connectivity index (χ0n) is 13.6. The first-order valence-corrected chi connectivity index (χ1v) is 8.93. The molecule has 0 amide bonds. The van der Waals surface area contributed by atoms with Gasteiger partial charge in [-0.15, -0.1) is 0 Å². The van der Waals surface area contributed by atoms with Crippen molar-refractivity contribution in [2.24, 2.45) is 0 Å². The van der Waals surface area contributed by atoms with E-state index in [0.717, 1.165) is 10.9 Å². The Balaban J connectivity index is 2.12. The molecular formula is C22H21Br. The molecule has 0 spiro atoms. The molecular weight excluding hydrogens is 344 g/mol. The first-order chi connectivity index (χ1) is 11.2. The highest BCUT2D eigenvalue weighted by molar-refractivity contribution is 9.10. The lowest BCUT2D eigenvalue weighted by atomic mass is 9.91. The summed E-state index contributed by atoms with van der Waals surface area (Å²) in [6, 6.07) is 24.0. The maximum Gasteiger partial charge on any atom is 0.0181 e. The Hall–Kier alpha value is -1.86. The molecule has 0 saturated heterocycles. The van der Waals surface area contributed by atoms with E-state index < -0.39 is 0 Å². The van der Waals surface area contributed by atoms with Crippen LogP contribution in [-0.2, 0) is 6.42 Å². The number of rotatable bonds is 4. The summed E-state index contributed by atoms with van der Waals surface area (Å²) in [5.74, 6) is 0. The zero-order chi connectivity index (χ0) is 16.2. The van der Waals surface area contributed by atoms with E-state index in [1.165, 1.54) is 39.8 Å². The molecule has 0 unspecified atom stereocenters. The summed E-state index contributed by atoms with van der Waals surface area (Å²) in [5.41, 5.74) is 7.97. The summed E-state index contributed by atoms with van der Waals surface area (Å²) in [5, 5.41) is 0. The molecule has 3 rings (SSSR count). The van der Waals surface area contributed by atoms with Crippen LogP contribution in [0, 0.1) is 6.92 Å². The highest BCUT2D eigenvalue weighted by Crippen LogP contribution is 2.32. The Morgan fingerprint density at radius 2 is 1.57 bits per heavy atom. The Bertz CT molecular complexity index is 818. The molecule has 0 aliphatic carbocycles. The minimum Gasteiger partial charge on any atom is -0.0651 e. The molecule has 3 aromatic rings. The van der Waals surface area contributed by atoms with Crippen LogP contribution in [-0.4, -0.2) is 0 Å². The minimum absolute atomic E-state index is 1.11. The van der Waals surface area contributed by atoms with Gasteiger partial charge in [0.1, 0.15) is 0 Å². The van der Waals surface area contributed by atoms with E-state index in [9.17, 15) is 0 Å². The first-order valence-electron chi connectivity index (χ1n) is 8.14. The fourth-order valence-corrected chi connectivity index (χ4v) is 3.43. The molecule has 0 fully saturated rings. The largest absolute Gasteiger partial charge is 0.0651 e. The second-order valence-electron chi connectivity index (χ2n) is 5.95. The Kier molecular flexibility index (Phi) is 4.97. The van der Waals surface area contributed by atoms with Gasteiger partial charge in [-0.3, -0.25) is 0 Å². The van der Waals surface area contributed by atoms with Gasteiger partial charge in [-0.25, -0.2) is 0 Å². The monoisotopic (exact) mass is 364 g/mol. The maximum absolute atomic E-state index is 3.57. The number of hydrogen-bond donors (Lipinski definition) is 0. The topological polar surface area (TPSA) is 0 Å². The van der Waals surface area contributed by atoms with E-state index >= 15 is 0 Å². The van der Waals surface area contributed by atoms with Gasteiger partial charge in [-0.05, 0) is 64.9 Å². The average molecular weight is 365 g/mol. The van der Waals surface area contributed by atoms with Gasteiger partial charge in [-0.2, -0.15) is 0 Å². The highest BCUT2D eigenvalue weighted by atomic mass is 79.9. The van der Waals surface area contributed by atoms with Gasteiger partial charge in [0.15, 0.2) is 0 Å². The lowest BCUT2D eigenvalue weighted by molar-refractivity contribution is 0.923. The smallest absolute Gasteiger partial charge is 0.0181 e. The van der Waals surface area contributed by atoms with Crippen molar-refractivity contribution in [3.63, 3.8) is 0 Å². The second-order valence-corrected chi connectivity index (χ2v) is 6.86. The summed E-state index contributed by atoms with van der Waals surface area (Å²) in [6.45, 7) is 4.43. The third kappa shape index (κ3) is 3.56. The van der Waals surface area contributed by atoms with Crippen LogP contribution in [0.5, 0.6) is 0 Å². The molecule has 0 radical (unpaired) electrons. The van der Waals surface area contributed by atoms with Crippen molar-refractivity contribution in [3.8, 4) is 22.3 Å². The number of benzene rings is 3. The van der Waals surface area contributed by atoms with Gasteiger partial charge in [0.2, 0.25) is 0 Å².